The van der Waals surface area contributed by atoms with E-state index in [4.69, 9.17) is 14.7 Å². The number of nitriles is 1. The molecular weight excluding hydrogens is 543 g/mol. The molecule has 220 valence electrons. The second-order valence-electron chi connectivity index (χ2n) is 10.2. The molecule has 1 aliphatic carbocycles. The Balaban J connectivity index is 1.17. The normalized spacial score (nSPS) is 19.7. The summed E-state index contributed by atoms with van der Waals surface area (Å²) in [6.45, 7) is 1.10. The summed E-state index contributed by atoms with van der Waals surface area (Å²) in [5, 5.41) is 26.5. The lowest BCUT2D eigenvalue weighted by Crippen LogP contribution is -2.44. The molecule has 41 heavy (non-hydrogen) atoms. The zero-order valence-corrected chi connectivity index (χ0v) is 22.6. The first-order valence-corrected chi connectivity index (χ1v) is 13.4. The number of hydrogen-bond donors (Lipinski definition) is 2. The molecule has 2 N–H and O–H groups in total. The summed E-state index contributed by atoms with van der Waals surface area (Å²) in [6, 6.07) is 9.94. The number of methoxy groups -OCH3 is 1. The number of piperidine rings is 1. The molecule has 0 spiro atoms. The fourth-order valence-corrected chi connectivity index (χ4v) is 5.28. The van der Waals surface area contributed by atoms with Gasteiger partial charge in [-0.3, -0.25) is 14.9 Å². The molecule has 2 fully saturated rings. The number of nitrogens with one attached hydrogen (secondary N) is 2. The lowest BCUT2D eigenvalue weighted by molar-refractivity contribution is -0.385. The summed E-state index contributed by atoms with van der Waals surface area (Å²) >= 11 is 0. The summed E-state index contributed by atoms with van der Waals surface area (Å²) in [7, 11) is 1.38. The Hall–Kier alpha value is -4.05. The Bertz CT molecular complexity index is 1280. The van der Waals surface area contributed by atoms with E-state index in [0.717, 1.165) is 6.07 Å². The number of nitro benzene ring substituents is 1. The molecule has 4 rings (SSSR count). The fourth-order valence-electron chi connectivity index (χ4n) is 5.28. The minimum absolute atomic E-state index is 0.0228. The quantitative estimate of drug-likeness (QED) is 0.303. The lowest BCUT2D eigenvalue weighted by atomic mass is 9.92. The van der Waals surface area contributed by atoms with Gasteiger partial charge in [-0.1, -0.05) is 0 Å². The van der Waals surface area contributed by atoms with E-state index in [1.807, 2.05) is 0 Å². The highest BCUT2D eigenvalue weighted by atomic mass is 19.4. The van der Waals surface area contributed by atoms with Crippen LogP contribution in [0.25, 0.3) is 0 Å². The molecule has 1 saturated heterocycles. The van der Waals surface area contributed by atoms with Crippen LogP contribution in [0.4, 0.5) is 30.2 Å². The Morgan fingerprint density at radius 1 is 1.05 bits per heavy atom. The van der Waals surface area contributed by atoms with E-state index < -0.39 is 22.2 Å². The van der Waals surface area contributed by atoms with Gasteiger partial charge < -0.3 is 25.0 Å². The average Bonchev–Trinajstić information content (AvgIpc) is 2.96. The van der Waals surface area contributed by atoms with E-state index in [0.29, 0.717) is 63.0 Å². The van der Waals surface area contributed by atoms with E-state index in [1.54, 1.807) is 23.1 Å². The number of halogens is 3. The molecule has 0 aromatic heterocycles. The van der Waals surface area contributed by atoms with Gasteiger partial charge in [-0.15, -0.1) is 0 Å². The Kier molecular flexibility index (Phi) is 9.54. The van der Waals surface area contributed by atoms with Crippen LogP contribution in [0.15, 0.2) is 36.4 Å². The Labute approximate surface area is 235 Å². The summed E-state index contributed by atoms with van der Waals surface area (Å²) in [5.41, 5.74) is -0.427. The molecule has 2 aromatic rings. The van der Waals surface area contributed by atoms with Crippen LogP contribution < -0.4 is 15.4 Å². The van der Waals surface area contributed by atoms with E-state index >= 15 is 0 Å². The molecule has 1 amide bonds. The summed E-state index contributed by atoms with van der Waals surface area (Å²) in [6.07, 6.45) is -0.542. The number of nitro groups is 1. The van der Waals surface area contributed by atoms with Crippen LogP contribution in [0.3, 0.4) is 0 Å². The van der Waals surface area contributed by atoms with Crippen LogP contribution in [0.1, 0.15) is 49.7 Å². The van der Waals surface area contributed by atoms with Gasteiger partial charge in [0.1, 0.15) is 6.61 Å². The molecule has 0 radical (unpaired) electrons. The van der Waals surface area contributed by atoms with Gasteiger partial charge in [0, 0.05) is 48.7 Å². The Morgan fingerprint density at radius 2 is 1.66 bits per heavy atom. The second-order valence-corrected chi connectivity index (χ2v) is 10.2. The van der Waals surface area contributed by atoms with Crippen LogP contribution >= 0.6 is 0 Å². The SMILES string of the molecule is COc1cc(NC2CCN(C(=O)CO[C@H]3CC[C@H](Nc4ccc(C#N)c(C(F)(F)F)c4)CC3)CC2)ccc1[N+](=O)[O-]. The molecule has 1 aliphatic heterocycles. The molecule has 0 bridgehead atoms. The zero-order chi connectivity index (χ0) is 29.6. The first-order chi connectivity index (χ1) is 19.6. The van der Waals surface area contributed by atoms with Crippen LogP contribution in [0.5, 0.6) is 5.75 Å². The third-order valence-corrected chi connectivity index (χ3v) is 7.53. The number of rotatable bonds is 9. The predicted octanol–water partition coefficient (Wildman–Crippen LogP) is 5.34. The second kappa shape index (κ2) is 13.1. The smallest absolute Gasteiger partial charge is 0.417 e. The number of amides is 1. The summed E-state index contributed by atoms with van der Waals surface area (Å²) < 4.78 is 50.7. The van der Waals surface area contributed by atoms with Crippen molar-refractivity contribution in [1.82, 2.24) is 4.90 Å². The van der Waals surface area contributed by atoms with Crippen molar-refractivity contribution in [3.8, 4) is 11.8 Å². The van der Waals surface area contributed by atoms with Crippen molar-refractivity contribution < 1.29 is 32.4 Å². The molecule has 13 heteroatoms. The number of carbonyl (C=O) groups excluding carboxylic acids is 1. The first kappa shape index (κ1) is 29.9. The molecule has 2 aliphatic rings. The fraction of sp³-hybridized carbons (Fsp3) is 0.500. The number of carbonyl (C=O) groups is 1. The predicted molar refractivity (Wildman–Crippen MR) is 145 cm³/mol. The monoisotopic (exact) mass is 575 g/mol. The van der Waals surface area contributed by atoms with Crippen molar-refractivity contribution in [1.29, 1.82) is 5.26 Å². The molecule has 10 nitrogen and oxygen atoms in total. The maximum absolute atomic E-state index is 13.2. The Morgan fingerprint density at radius 3 is 2.24 bits per heavy atom. The van der Waals surface area contributed by atoms with E-state index in [2.05, 4.69) is 10.6 Å². The molecule has 2 aromatic carbocycles. The van der Waals surface area contributed by atoms with Gasteiger partial charge in [0.05, 0.1) is 35.3 Å². The van der Waals surface area contributed by atoms with Gasteiger partial charge in [0.25, 0.3) is 0 Å². The van der Waals surface area contributed by atoms with Crippen LogP contribution in [-0.2, 0) is 15.7 Å². The van der Waals surface area contributed by atoms with E-state index in [1.165, 1.54) is 25.3 Å². The van der Waals surface area contributed by atoms with Crippen molar-refractivity contribution in [3.63, 3.8) is 0 Å². The molecular formula is C28H32F3N5O5. The third kappa shape index (κ3) is 7.79. The lowest BCUT2D eigenvalue weighted by Gasteiger charge is -2.34. The highest BCUT2D eigenvalue weighted by molar-refractivity contribution is 5.77. The van der Waals surface area contributed by atoms with Gasteiger partial charge in [-0.2, -0.15) is 18.4 Å². The van der Waals surface area contributed by atoms with Crippen LogP contribution in [-0.4, -0.2) is 60.7 Å². The zero-order valence-electron chi connectivity index (χ0n) is 22.6. The number of ether oxygens (including phenoxy) is 2. The number of hydrogen-bond acceptors (Lipinski definition) is 8. The minimum atomic E-state index is -4.60. The van der Waals surface area contributed by atoms with E-state index in [-0.39, 0.29) is 42.1 Å². The topological polar surface area (TPSA) is 130 Å². The summed E-state index contributed by atoms with van der Waals surface area (Å²) in [4.78, 5) is 25.1. The number of likely N-dealkylation sites (tertiary alicyclic amines) is 1. The third-order valence-electron chi connectivity index (χ3n) is 7.53. The van der Waals surface area contributed by atoms with Gasteiger partial charge >= 0.3 is 11.9 Å². The van der Waals surface area contributed by atoms with Gasteiger partial charge in [-0.05, 0) is 62.8 Å². The maximum atomic E-state index is 13.2. The highest BCUT2D eigenvalue weighted by Crippen LogP contribution is 2.35. The first-order valence-electron chi connectivity index (χ1n) is 13.4. The molecule has 0 atom stereocenters. The van der Waals surface area contributed by atoms with Gasteiger partial charge in [0.15, 0.2) is 5.75 Å². The number of anilines is 2. The van der Waals surface area contributed by atoms with Crippen LogP contribution in [0, 0.1) is 21.4 Å². The van der Waals surface area contributed by atoms with Crippen molar-refractivity contribution in [2.24, 2.45) is 0 Å². The van der Waals surface area contributed by atoms with Crippen molar-refractivity contribution in [2.75, 3.05) is 37.4 Å². The molecule has 1 saturated carbocycles. The van der Waals surface area contributed by atoms with Crippen molar-refractivity contribution >= 4 is 23.0 Å². The number of benzene rings is 2. The maximum Gasteiger partial charge on any atom is 0.417 e. The highest BCUT2D eigenvalue weighted by Gasteiger charge is 2.34. The van der Waals surface area contributed by atoms with Crippen LogP contribution in [0.2, 0.25) is 0 Å². The van der Waals surface area contributed by atoms with Crippen molar-refractivity contribution in [3.05, 3.63) is 57.6 Å². The van der Waals surface area contributed by atoms with E-state index in [9.17, 15) is 28.1 Å². The molecule has 0 unspecified atom stereocenters. The standard InChI is InChI=1S/C28H32F3N5O5/c1-40-26-15-22(6-9-25(26)36(38)39)34-20-10-12-35(13-11-20)27(37)17-41-23-7-4-19(5-8-23)33-21-3-2-18(16-32)24(14-21)28(29,30)31/h2-3,6,9,14-15,19-20,23,33-34H,4-5,7-8,10-13,17H2,1H3/t19-,23-. The van der Waals surface area contributed by atoms with Gasteiger partial charge in [0.2, 0.25) is 5.91 Å². The number of alkyl halides is 3. The minimum Gasteiger partial charge on any atom is -0.490 e. The number of nitrogens with zero attached hydrogens (tertiary/aromatic N) is 3. The van der Waals surface area contributed by atoms with Gasteiger partial charge in [-0.25, -0.2) is 0 Å². The molecule has 1 heterocycles. The van der Waals surface area contributed by atoms with Crippen molar-refractivity contribution in [2.45, 2.75) is 62.9 Å². The largest absolute Gasteiger partial charge is 0.490 e. The summed E-state index contributed by atoms with van der Waals surface area (Å²) in [5.74, 6) is 0.0948. The average molecular weight is 576 g/mol.